The third kappa shape index (κ3) is 4.03. The summed E-state index contributed by atoms with van der Waals surface area (Å²) >= 11 is 0. The molecule has 0 spiro atoms. The minimum Gasteiger partial charge on any atom is -0.486 e. The Labute approximate surface area is 162 Å². The largest absolute Gasteiger partial charge is 0.486 e. The Morgan fingerprint density at radius 3 is 2.43 bits per heavy atom. The highest BCUT2D eigenvalue weighted by atomic mass is 16.6. The quantitative estimate of drug-likeness (QED) is 0.719. The molecule has 0 saturated carbocycles. The van der Waals surface area contributed by atoms with Crippen molar-refractivity contribution in [1.29, 1.82) is 0 Å². The maximum absolute atomic E-state index is 12.7. The van der Waals surface area contributed by atoms with Gasteiger partial charge in [0.05, 0.1) is 0 Å². The number of hydrogen-bond acceptors (Lipinski definition) is 6. The van der Waals surface area contributed by atoms with E-state index in [1.807, 2.05) is 32.0 Å². The number of anilines is 3. The number of ether oxygens (including phenoxy) is 2. The number of carbonyl (C=O) groups excluding carboxylic acids is 1. The highest BCUT2D eigenvalue weighted by molar-refractivity contribution is 6.05. The summed E-state index contributed by atoms with van der Waals surface area (Å²) in [6, 6.07) is 14.4. The minimum atomic E-state index is -0.221. The summed E-state index contributed by atoms with van der Waals surface area (Å²) in [6.45, 7) is 4.86. The lowest BCUT2D eigenvalue weighted by molar-refractivity contribution is 0.102. The van der Waals surface area contributed by atoms with Crippen molar-refractivity contribution in [2.45, 2.75) is 13.8 Å². The number of amides is 1. The number of rotatable bonds is 4. The second kappa shape index (κ2) is 7.56. The number of nitrogens with one attached hydrogen (secondary N) is 2. The molecule has 28 heavy (non-hydrogen) atoms. The molecule has 0 fully saturated rings. The summed E-state index contributed by atoms with van der Waals surface area (Å²) in [5, 5.41) is 6.03. The van der Waals surface area contributed by atoms with E-state index in [-0.39, 0.29) is 5.91 Å². The molecule has 1 amide bonds. The lowest BCUT2D eigenvalue weighted by Crippen LogP contribution is -2.16. The molecule has 1 aliphatic rings. The fourth-order valence-corrected chi connectivity index (χ4v) is 2.97. The minimum absolute atomic E-state index is 0.221. The van der Waals surface area contributed by atoms with Crippen molar-refractivity contribution in [2.75, 3.05) is 23.8 Å². The van der Waals surface area contributed by atoms with Crippen LogP contribution >= 0.6 is 0 Å². The Morgan fingerprint density at radius 1 is 0.893 bits per heavy atom. The first-order valence-electron chi connectivity index (χ1n) is 8.97. The molecular formula is C21H20N4O3. The molecule has 7 nitrogen and oxygen atoms in total. The maximum atomic E-state index is 12.7. The Morgan fingerprint density at radius 2 is 1.64 bits per heavy atom. The van der Waals surface area contributed by atoms with Crippen LogP contribution < -0.4 is 20.1 Å². The Balaban J connectivity index is 1.50. The van der Waals surface area contributed by atoms with Gasteiger partial charge in [-0.2, -0.15) is 0 Å². The van der Waals surface area contributed by atoms with E-state index in [0.29, 0.717) is 41.9 Å². The van der Waals surface area contributed by atoms with Crippen LogP contribution in [0.2, 0.25) is 0 Å². The Hall–Kier alpha value is -3.61. The zero-order valence-corrected chi connectivity index (χ0v) is 15.7. The number of carbonyl (C=O) groups is 1. The molecule has 2 N–H and O–H groups in total. The van der Waals surface area contributed by atoms with Gasteiger partial charge in [-0.15, -0.1) is 0 Å². The predicted octanol–water partition coefficient (Wildman–Crippen LogP) is 3.86. The fraction of sp³-hybridized carbons (Fsp3) is 0.190. The first kappa shape index (κ1) is 17.8. The average molecular weight is 376 g/mol. The molecule has 7 heteroatoms. The third-order valence-electron chi connectivity index (χ3n) is 4.16. The zero-order valence-electron chi connectivity index (χ0n) is 15.7. The van der Waals surface area contributed by atoms with E-state index in [1.165, 1.54) is 0 Å². The van der Waals surface area contributed by atoms with E-state index < -0.39 is 0 Å². The molecule has 3 aromatic rings. The highest BCUT2D eigenvalue weighted by Gasteiger charge is 2.14. The summed E-state index contributed by atoms with van der Waals surface area (Å²) < 4.78 is 11.1. The topological polar surface area (TPSA) is 85.4 Å². The Bertz CT molecular complexity index is 1020. The van der Waals surface area contributed by atoms with Crippen molar-refractivity contribution >= 4 is 23.2 Å². The average Bonchev–Trinajstić information content (AvgIpc) is 2.67. The molecule has 0 radical (unpaired) electrons. The molecule has 0 bridgehead atoms. The van der Waals surface area contributed by atoms with Crippen molar-refractivity contribution in [3.8, 4) is 11.5 Å². The molecular weight excluding hydrogens is 356 g/mol. The van der Waals surface area contributed by atoms with Gasteiger partial charge in [0, 0.05) is 34.4 Å². The van der Waals surface area contributed by atoms with Gasteiger partial charge in [0.1, 0.15) is 13.2 Å². The monoisotopic (exact) mass is 376 g/mol. The van der Waals surface area contributed by atoms with Gasteiger partial charge < -0.3 is 20.1 Å². The second-order valence-corrected chi connectivity index (χ2v) is 6.49. The van der Waals surface area contributed by atoms with Gasteiger partial charge in [-0.3, -0.25) is 4.79 Å². The molecule has 2 heterocycles. The lowest BCUT2D eigenvalue weighted by atomic mass is 10.1. The summed E-state index contributed by atoms with van der Waals surface area (Å²) in [5.74, 6) is 1.60. The van der Waals surface area contributed by atoms with Crippen LogP contribution in [0.25, 0.3) is 0 Å². The van der Waals surface area contributed by atoms with Crippen molar-refractivity contribution in [2.24, 2.45) is 0 Å². The number of aromatic nitrogens is 2. The molecule has 4 rings (SSSR count). The van der Waals surface area contributed by atoms with E-state index in [2.05, 4.69) is 20.6 Å². The number of nitrogens with zero attached hydrogens (tertiary/aromatic N) is 2. The van der Waals surface area contributed by atoms with Crippen LogP contribution in [0, 0.1) is 13.8 Å². The zero-order chi connectivity index (χ0) is 19.5. The van der Waals surface area contributed by atoms with Crippen LogP contribution in [0.5, 0.6) is 11.5 Å². The van der Waals surface area contributed by atoms with Crippen molar-refractivity contribution in [3.05, 3.63) is 65.5 Å². The maximum Gasteiger partial charge on any atom is 0.255 e. The molecule has 0 aliphatic carbocycles. The summed E-state index contributed by atoms with van der Waals surface area (Å²) in [6.07, 6.45) is 0. The van der Waals surface area contributed by atoms with Gasteiger partial charge in [0.15, 0.2) is 11.5 Å². The Kier molecular flexibility index (Phi) is 4.80. The van der Waals surface area contributed by atoms with Gasteiger partial charge in [0.2, 0.25) is 5.95 Å². The lowest BCUT2D eigenvalue weighted by Gasteiger charge is -2.19. The van der Waals surface area contributed by atoms with Gasteiger partial charge in [-0.1, -0.05) is 6.07 Å². The molecule has 142 valence electrons. The molecule has 1 aliphatic heterocycles. The molecule has 0 saturated heterocycles. The van der Waals surface area contributed by atoms with Gasteiger partial charge in [0.25, 0.3) is 5.91 Å². The second-order valence-electron chi connectivity index (χ2n) is 6.49. The smallest absolute Gasteiger partial charge is 0.255 e. The van der Waals surface area contributed by atoms with Crippen LogP contribution in [0.4, 0.5) is 17.3 Å². The first-order valence-corrected chi connectivity index (χ1v) is 8.97. The van der Waals surface area contributed by atoms with Gasteiger partial charge in [-0.25, -0.2) is 9.97 Å². The van der Waals surface area contributed by atoms with Crippen LogP contribution in [0.15, 0.2) is 48.5 Å². The molecule has 0 unspecified atom stereocenters. The predicted molar refractivity (Wildman–Crippen MR) is 107 cm³/mol. The normalized spacial score (nSPS) is 12.4. The van der Waals surface area contributed by atoms with Crippen LogP contribution in [-0.4, -0.2) is 29.1 Å². The number of aryl methyl sites for hydroxylation is 2. The van der Waals surface area contributed by atoms with E-state index >= 15 is 0 Å². The van der Waals surface area contributed by atoms with Crippen molar-refractivity contribution < 1.29 is 14.3 Å². The van der Waals surface area contributed by atoms with E-state index in [1.54, 1.807) is 30.3 Å². The number of benzene rings is 2. The third-order valence-corrected chi connectivity index (χ3v) is 4.16. The van der Waals surface area contributed by atoms with Crippen LogP contribution in [0.3, 0.4) is 0 Å². The SMILES string of the molecule is Cc1cc(C)nc(Nc2cccc(C(=O)Nc3ccc4c(c3)OCCO4)c2)n1. The van der Waals surface area contributed by atoms with Gasteiger partial charge >= 0.3 is 0 Å². The molecule has 2 aromatic carbocycles. The summed E-state index contributed by atoms with van der Waals surface area (Å²) in [4.78, 5) is 21.4. The number of fused-ring (bicyclic) bond motifs is 1. The van der Waals surface area contributed by atoms with E-state index in [9.17, 15) is 4.79 Å². The summed E-state index contributed by atoms with van der Waals surface area (Å²) in [7, 11) is 0. The van der Waals surface area contributed by atoms with Crippen LogP contribution in [0.1, 0.15) is 21.7 Å². The van der Waals surface area contributed by atoms with Gasteiger partial charge in [-0.05, 0) is 50.2 Å². The fourth-order valence-electron chi connectivity index (χ4n) is 2.97. The standard InChI is InChI=1S/C21H20N4O3/c1-13-10-14(2)23-21(22-13)25-16-5-3-4-15(11-16)20(26)24-17-6-7-18-19(12-17)28-9-8-27-18/h3-7,10-12H,8-9H2,1-2H3,(H,24,26)(H,22,23,25). The van der Waals surface area contributed by atoms with E-state index in [0.717, 1.165) is 17.1 Å². The highest BCUT2D eigenvalue weighted by Crippen LogP contribution is 2.32. The molecule has 0 atom stereocenters. The van der Waals surface area contributed by atoms with Crippen molar-refractivity contribution in [1.82, 2.24) is 9.97 Å². The van der Waals surface area contributed by atoms with E-state index in [4.69, 9.17) is 9.47 Å². The summed E-state index contributed by atoms with van der Waals surface area (Å²) in [5.41, 5.74) is 3.65. The molecule has 1 aromatic heterocycles. The van der Waals surface area contributed by atoms with Crippen molar-refractivity contribution in [3.63, 3.8) is 0 Å². The number of hydrogen-bond donors (Lipinski definition) is 2. The van der Waals surface area contributed by atoms with Crippen LogP contribution in [-0.2, 0) is 0 Å². The first-order chi connectivity index (χ1) is 13.6.